The second kappa shape index (κ2) is 5.50. The number of hydrogen-bond acceptors (Lipinski definition) is 2. The first kappa shape index (κ1) is 12.4. The van der Waals surface area contributed by atoms with E-state index in [1.807, 2.05) is 4.90 Å². The monoisotopic (exact) mass is 252 g/mol. The van der Waals surface area contributed by atoms with Crippen LogP contribution in [0.3, 0.4) is 0 Å². The van der Waals surface area contributed by atoms with Gasteiger partial charge in [0, 0.05) is 24.8 Å². The number of amides is 1. The Morgan fingerprint density at radius 3 is 3.18 bits per heavy atom. The van der Waals surface area contributed by atoms with Crippen LogP contribution in [0.1, 0.15) is 36.5 Å². The molecule has 1 aromatic heterocycles. The Morgan fingerprint density at radius 1 is 1.65 bits per heavy atom. The van der Waals surface area contributed by atoms with E-state index in [1.165, 1.54) is 12.8 Å². The lowest BCUT2D eigenvalue weighted by molar-refractivity contribution is 0.0786. The summed E-state index contributed by atoms with van der Waals surface area (Å²) in [5.74, 6) is 0.745. The highest BCUT2D eigenvalue weighted by molar-refractivity contribution is 6.29. The zero-order valence-electron chi connectivity index (χ0n) is 10.0. The summed E-state index contributed by atoms with van der Waals surface area (Å²) in [5.41, 5.74) is 0.641. The molecular weight excluding hydrogens is 236 g/mol. The zero-order chi connectivity index (χ0) is 12.3. The Hall–Kier alpha value is -1.09. The van der Waals surface area contributed by atoms with Gasteiger partial charge in [0.2, 0.25) is 0 Å². The minimum atomic E-state index is 0.0768. The highest BCUT2D eigenvalue weighted by Crippen LogP contribution is 2.22. The highest BCUT2D eigenvalue weighted by Gasteiger charge is 2.26. The lowest BCUT2D eigenvalue weighted by atomic mass is 10.0. The predicted molar refractivity (Wildman–Crippen MR) is 68.2 cm³/mol. The van der Waals surface area contributed by atoms with E-state index in [4.69, 9.17) is 11.6 Å². The highest BCUT2D eigenvalue weighted by atomic mass is 35.5. The molecule has 1 atom stereocenters. The molecule has 1 fully saturated rings. The molecule has 1 saturated heterocycles. The van der Waals surface area contributed by atoms with Crippen LogP contribution < -0.4 is 0 Å². The molecule has 1 amide bonds. The second-order valence-electron chi connectivity index (χ2n) is 4.56. The summed E-state index contributed by atoms with van der Waals surface area (Å²) in [7, 11) is 0. The Morgan fingerprint density at radius 2 is 2.47 bits per heavy atom. The van der Waals surface area contributed by atoms with Crippen LogP contribution in [0, 0.1) is 5.92 Å². The third-order valence-electron chi connectivity index (χ3n) is 3.24. The Kier molecular flexibility index (Phi) is 4.00. The van der Waals surface area contributed by atoms with E-state index in [1.54, 1.807) is 18.3 Å². The number of likely N-dealkylation sites (tertiary alicyclic amines) is 1. The molecule has 0 saturated carbocycles. The molecule has 3 nitrogen and oxygen atoms in total. The summed E-state index contributed by atoms with van der Waals surface area (Å²) in [4.78, 5) is 18.0. The maximum absolute atomic E-state index is 12.2. The van der Waals surface area contributed by atoms with E-state index in [-0.39, 0.29) is 5.91 Å². The molecule has 1 aromatic rings. The van der Waals surface area contributed by atoms with E-state index in [9.17, 15) is 4.79 Å². The van der Waals surface area contributed by atoms with Crippen molar-refractivity contribution in [2.24, 2.45) is 5.92 Å². The van der Waals surface area contributed by atoms with Crippen LogP contribution in [-0.2, 0) is 0 Å². The number of hydrogen-bond donors (Lipinski definition) is 0. The number of pyridine rings is 1. The van der Waals surface area contributed by atoms with Crippen molar-refractivity contribution in [1.82, 2.24) is 9.88 Å². The average Bonchev–Trinajstić information content (AvgIpc) is 2.77. The zero-order valence-corrected chi connectivity index (χ0v) is 10.8. The number of aromatic nitrogens is 1. The minimum absolute atomic E-state index is 0.0768. The Balaban J connectivity index is 2.02. The molecule has 1 aliphatic heterocycles. The van der Waals surface area contributed by atoms with E-state index in [2.05, 4.69) is 11.9 Å². The normalized spacial score (nSPS) is 19.6. The molecule has 0 N–H and O–H groups in total. The van der Waals surface area contributed by atoms with E-state index >= 15 is 0 Å². The fourth-order valence-electron chi connectivity index (χ4n) is 2.38. The van der Waals surface area contributed by atoms with Gasteiger partial charge in [0.15, 0.2) is 0 Å². The molecule has 1 aliphatic rings. The van der Waals surface area contributed by atoms with Crippen LogP contribution in [0.25, 0.3) is 0 Å². The summed E-state index contributed by atoms with van der Waals surface area (Å²) < 4.78 is 0. The van der Waals surface area contributed by atoms with Gasteiger partial charge in [-0.1, -0.05) is 24.9 Å². The first-order valence-corrected chi connectivity index (χ1v) is 6.49. The third kappa shape index (κ3) is 2.97. The van der Waals surface area contributed by atoms with Crippen molar-refractivity contribution in [3.05, 3.63) is 29.0 Å². The van der Waals surface area contributed by atoms with Crippen LogP contribution in [0.4, 0.5) is 0 Å². The first-order valence-electron chi connectivity index (χ1n) is 6.11. The summed E-state index contributed by atoms with van der Waals surface area (Å²) >= 11 is 5.79. The van der Waals surface area contributed by atoms with Gasteiger partial charge in [-0.2, -0.15) is 0 Å². The van der Waals surface area contributed by atoms with E-state index in [0.717, 1.165) is 19.5 Å². The number of halogens is 1. The summed E-state index contributed by atoms with van der Waals surface area (Å²) in [6.45, 7) is 3.93. The van der Waals surface area contributed by atoms with Crippen molar-refractivity contribution in [2.75, 3.05) is 13.1 Å². The van der Waals surface area contributed by atoms with Crippen LogP contribution in [-0.4, -0.2) is 28.9 Å². The van der Waals surface area contributed by atoms with Gasteiger partial charge < -0.3 is 4.90 Å². The molecule has 4 heteroatoms. The second-order valence-corrected chi connectivity index (χ2v) is 4.95. The van der Waals surface area contributed by atoms with Crippen LogP contribution >= 0.6 is 11.6 Å². The largest absolute Gasteiger partial charge is 0.338 e. The number of rotatable bonds is 3. The van der Waals surface area contributed by atoms with Gasteiger partial charge in [-0.05, 0) is 30.9 Å². The van der Waals surface area contributed by atoms with Gasteiger partial charge in [-0.25, -0.2) is 4.98 Å². The average molecular weight is 253 g/mol. The third-order valence-corrected chi connectivity index (χ3v) is 3.45. The van der Waals surface area contributed by atoms with Gasteiger partial charge in [-0.15, -0.1) is 0 Å². The number of carbonyl (C=O) groups excluding carboxylic acids is 1. The molecule has 0 aliphatic carbocycles. The maximum atomic E-state index is 12.2. The quantitative estimate of drug-likeness (QED) is 0.775. The Labute approximate surface area is 107 Å². The Bertz CT molecular complexity index is 408. The van der Waals surface area contributed by atoms with Crippen molar-refractivity contribution < 1.29 is 4.79 Å². The molecule has 0 radical (unpaired) electrons. The van der Waals surface area contributed by atoms with Crippen molar-refractivity contribution in [1.29, 1.82) is 0 Å². The molecule has 0 bridgehead atoms. The first-order chi connectivity index (χ1) is 8.20. The van der Waals surface area contributed by atoms with Crippen LogP contribution in [0.5, 0.6) is 0 Å². The standard InChI is InChI=1S/C13H17ClN2O/c1-2-3-10-5-7-16(9-10)13(17)11-4-6-15-12(14)8-11/h4,6,8,10H,2-3,5,7,9H2,1H3. The molecule has 1 unspecified atom stereocenters. The maximum Gasteiger partial charge on any atom is 0.254 e. The van der Waals surface area contributed by atoms with Gasteiger partial charge in [0.1, 0.15) is 5.15 Å². The molecule has 2 rings (SSSR count). The topological polar surface area (TPSA) is 33.2 Å². The van der Waals surface area contributed by atoms with Gasteiger partial charge in [0.05, 0.1) is 0 Å². The fourth-order valence-corrected chi connectivity index (χ4v) is 2.55. The molecule has 0 spiro atoms. The van der Waals surface area contributed by atoms with Crippen LogP contribution in [0.15, 0.2) is 18.3 Å². The van der Waals surface area contributed by atoms with Crippen molar-refractivity contribution >= 4 is 17.5 Å². The lowest BCUT2D eigenvalue weighted by Crippen LogP contribution is -2.28. The van der Waals surface area contributed by atoms with Crippen molar-refractivity contribution in [3.8, 4) is 0 Å². The van der Waals surface area contributed by atoms with Crippen molar-refractivity contribution in [3.63, 3.8) is 0 Å². The van der Waals surface area contributed by atoms with E-state index < -0.39 is 0 Å². The smallest absolute Gasteiger partial charge is 0.254 e. The molecule has 92 valence electrons. The predicted octanol–water partition coefficient (Wildman–Crippen LogP) is 3.00. The summed E-state index contributed by atoms with van der Waals surface area (Å²) in [5, 5.41) is 0.375. The minimum Gasteiger partial charge on any atom is -0.338 e. The SMILES string of the molecule is CCCC1CCN(C(=O)c2ccnc(Cl)c2)C1. The van der Waals surface area contributed by atoms with Gasteiger partial charge in [0.25, 0.3) is 5.91 Å². The van der Waals surface area contributed by atoms with E-state index in [0.29, 0.717) is 16.6 Å². The lowest BCUT2D eigenvalue weighted by Gasteiger charge is -2.16. The number of carbonyl (C=O) groups is 1. The number of nitrogens with zero attached hydrogens (tertiary/aromatic N) is 2. The van der Waals surface area contributed by atoms with Gasteiger partial charge in [-0.3, -0.25) is 4.79 Å². The van der Waals surface area contributed by atoms with Gasteiger partial charge >= 0.3 is 0 Å². The molecule has 2 heterocycles. The summed E-state index contributed by atoms with van der Waals surface area (Å²) in [6, 6.07) is 3.36. The molecule has 0 aromatic carbocycles. The molecular formula is C13H17ClN2O. The van der Waals surface area contributed by atoms with Crippen LogP contribution in [0.2, 0.25) is 5.15 Å². The summed E-state index contributed by atoms with van der Waals surface area (Å²) in [6.07, 6.45) is 5.10. The van der Waals surface area contributed by atoms with Crippen molar-refractivity contribution in [2.45, 2.75) is 26.2 Å². The fraction of sp³-hybridized carbons (Fsp3) is 0.538. The molecule has 17 heavy (non-hydrogen) atoms.